The van der Waals surface area contributed by atoms with Crippen LogP contribution in [0.25, 0.3) is 0 Å². The van der Waals surface area contributed by atoms with Crippen LogP contribution in [0.15, 0.2) is 53.5 Å². The fourth-order valence-corrected chi connectivity index (χ4v) is 2.45. The van der Waals surface area contributed by atoms with Crippen LogP contribution in [0, 0.1) is 0 Å². The van der Waals surface area contributed by atoms with Crippen LogP contribution in [0.1, 0.15) is 11.1 Å². The molecule has 0 aliphatic carbocycles. The second-order valence-electron chi connectivity index (χ2n) is 6.32. The van der Waals surface area contributed by atoms with Gasteiger partial charge in [0.15, 0.2) is 12.6 Å². The summed E-state index contributed by atoms with van der Waals surface area (Å²) in [5, 5.41) is 6.55. The van der Waals surface area contributed by atoms with Gasteiger partial charge in [-0.3, -0.25) is 9.79 Å². The molecule has 0 aliphatic heterocycles. The molecule has 2 rings (SSSR count). The van der Waals surface area contributed by atoms with Gasteiger partial charge in [-0.15, -0.1) is 24.0 Å². The Morgan fingerprint density at radius 1 is 1.07 bits per heavy atom. The lowest BCUT2D eigenvalue weighted by Crippen LogP contribution is -2.36. The Hall–Kier alpha value is -2.49. The molecule has 1 amide bonds. The largest absolute Gasteiger partial charge is 0.496 e. The number of hydrogen-bond acceptors (Lipinski definition) is 4. The maximum atomic E-state index is 11.6. The van der Waals surface area contributed by atoms with Crippen LogP contribution in [0.5, 0.6) is 11.5 Å². The number of likely N-dealkylation sites (N-methyl/N-ethyl adjacent to an activating group) is 1. The van der Waals surface area contributed by atoms with Crippen molar-refractivity contribution in [2.45, 2.75) is 13.1 Å². The Balaban J connectivity index is 0.00000420. The van der Waals surface area contributed by atoms with Crippen molar-refractivity contribution >= 4 is 35.8 Å². The molecule has 0 radical (unpaired) electrons. The van der Waals surface area contributed by atoms with Crippen molar-refractivity contribution in [2.75, 3.05) is 34.9 Å². The maximum absolute atomic E-state index is 11.6. The van der Waals surface area contributed by atoms with Gasteiger partial charge in [0.2, 0.25) is 0 Å². The molecule has 0 aromatic heterocycles. The number of aliphatic imine (C=N–C) groups is 1. The molecule has 29 heavy (non-hydrogen) atoms. The third-order valence-electron chi connectivity index (χ3n) is 4.08. The molecular formula is C21H29IN4O3. The van der Waals surface area contributed by atoms with Crippen molar-refractivity contribution in [2.24, 2.45) is 4.99 Å². The van der Waals surface area contributed by atoms with Gasteiger partial charge in [-0.1, -0.05) is 30.3 Å². The Bertz CT molecular complexity index is 812. The van der Waals surface area contributed by atoms with E-state index in [0.717, 1.165) is 16.9 Å². The van der Waals surface area contributed by atoms with Gasteiger partial charge in [0, 0.05) is 39.8 Å². The first-order valence-corrected chi connectivity index (χ1v) is 9.01. The molecule has 0 saturated carbocycles. The molecule has 2 aromatic rings. The molecule has 0 fully saturated rings. The van der Waals surface area contributed by atoms with Gasteiger partial charge in [-0.05, 0) is 23.8 Å². The Morgan fingerprint density at radius 2 is 1.79 bits per heavy atom. The summed E-state index contributed by atoms with van der Waals surface area (Å²) in [6, 6.07) is 15.5. The maximum Gasteiger partial charge on any atom is 0.259 e. The summed E-state index contributed by atoms with van der Waals surface area (Å²) in [5.74, 6) is 2.10. The predicted molar refractivity (Wildman–Crippen MR) is 126 cm³/mol. The van der Waals surface area contributed by atoms with E-state index in [1.807, 2.05) is 48.5 Å². The van der Waals surface area contributed by atoms with Crippen LogP contribution in [0.2, 0.25) is 0 Å². The zero-order valence-electron chi connectivity index (χ0n) is 17.3. The number of carbonyl (C=O) groups excluding carboxylic acids is 1. The molecule has 7 nitrogen and oxygen atoms in total. The predicted octanol–water partition coefficient (Wildman–Crippen LogP) is 2.65. The lowest BCUT2D eigenvalue weighted by Gasteiger charge is -2.14. The molecule has 2 N–H and O–H groups in total. The number of hydrogen-bond donors (Lipinski definition) is 2. The van der Waals surface area contributed by atoms with Crippen molar-refractivity contribution in [3.63, 3.8) is 0 Å². The molecule has 0 bridgehead atoms. The SMILES string of the molecule is CN=C(NCc1cccc(OCC(=O)N(C)C)c1)NCc1ccccc1OC.I. The second-order valence-corrected chi connectivity index (χ2v) is 6.32. The van der Waals surface area contributed by atoms with Crippen LogP contribution in [-0.2, 0) is 17.9 Å². The van der Waals surface area contributed by atoms with Crippen LogP contribution in [0.3, 0.4) is 0 Å². The number of methoxy groups -OCH3 is 1. The Kier molecular flexibility index (Phi) is 10.9. The first-order valence-electron chi connectivity index (χ1n) is 9.01. The highest BCUT2D eigenvalue weighted by Gasteiger charge is 2.06. The lowest BCUT2D eigenvalue weighted by atomic mass is 10.2. The number of nitrogens with one attached hydrogen (secondary N) is 2. The topological polar surface area (TPSA) is 75.2 Å². The van der Waals surface area contributed by atoms with Gasteiger partial charge in [0.05, 0.1) is 7.11 Å². The Morgan fingerprint density at radius 3 is 2.48 bits per heavy atom. The van der Waals surface area contributed by atoms with Crippen LogP contribution >= 0.6 is 24.0 Å². The molecule has 0 aliphatic rings. The monoisotopic (exact) mass is 512 g/mol. The number of carbonyl (C=O) groups is 1. The van der Waals surface area contributed by atoms with E-state index < -0.39 is 0 Å². The molecule has 158 valence electrons. The van der Waals surface area contributed by atoms with Crippen molar-refractivity contribution in [3.8, 4) is 11.5 Å². The number of benzene rings is 2. The normalized spacial score (nSPS) is 10.6. The van der Waals surface area contributed by atoms with E-state index >= 15 is 0 Å². The van der Waals surface area contributed by atoms with E-state index in [-0.39, 0.29) is 36.5 Å². The number of nitrogens with zero attached hydrogens (tertiary/aromatic N) is 2. The quantitative estimate of drug-likeness (QED) is 0.323. The van der Waals surface area contributed by atoms with Gasteiger partial charge in [0.25, 0.3) is 5.91 Å². The van der Waals surface area contributed by atoms with Crippen molar-refractivity contribution < 1.29 is 14.3 Å². The minimum atomic E-state index is -0.0792. The summed E-state index contributed by atoms with van der Waals surface area (Å²) in [5.41, 5.74) is 2.07. The van der Waals surface area contributed by atoms with Crippen molar-refractivity contribution in [3.05, 3.63) is 59.7 Å². The average Bonchev–Trinajstić information content (AvgIpc) is 2.72. The highest BCUT2D eigenvalue weighted by molar-refractivity contribution is 14.0. The van der Waals surface area contributed by atoms with E-state index in [2.05, 4.69) is 15.6 Å². The summed E-state index contributed by atoms with van der Waals surface area (Å²) in [7, 11) is 6.79. The number of para-hydroxylation sites is 1. The van der Waals surface area contributed by atoms with Crippen LogP contribution in [0.4, 0.5) is 0 Å². The molecule has 0 saturated heterocycles. The van der Waals surface area contributed by atoms with E-state index in [4.69, 9.17) is 9.47 Å². The Labute approximate surface area is 189 Å². The standard InChI is InChI=1S/C21H28N4O3.HI/c1-22-21(24-14-17-9-5-6-11-19(17)27-4)23-13-16-8-7-10-18(12-16)28-15-20(26)25(2)3;/h5-12H,13-15H2,1-4H3,(H2,22,23,24);1H. The van der Waals surface area contributed by atoms with Crippen LogP contribution in [-0.4, -0.2) is 51.6 Å². The minimum absolute atomic E-state index is 0. The first kappa shape index (κ1) is 24.5. The fraction of sp³-hybridized carbons (Fsp3) is 0.333. The van der Waals surface area contributed by atoms with E-state index in [1.165, 1.54) is 4.90 Å². The third kappa shape index (κ3) is 8.18. The number of ether oxygens (including phenoxy) is 2. The highest BCUT2D eigenvalue weighted by atomic mass is 127. The number of guanidine groups is 1. The summed E-state index contributed by atoms with van der Waals surface area (Å²) >= 11 is 0. The summed E-state index contributed by atoms with van der Waals surface area (Å²) < 4.78 is 10.9. The summed E-state index contributed by atoms with van der Waals surface area (Å²) in [6.45, 7) is 1.19. The summed E-state index contributed by atoms with van der Waals surface area (Å²) in [6.07, 6.45) is 0. The summed E-state index contributed by atoms with van der Waals surface area (Å²) in [4.78, 5) is 17.4. The molecule has 8 heteroatoms. The first-order chi connectivity index (χ1) is 13.5. The molecule has 0 atom stereocenters. The van der Waals surface area contributed by atoms with Gasteiger partial charge < -0.3 is 25.0 Å². The molecule has 0 unspecified atom stereocenters. The van der Waals surface area contributed by atoms with Crippen molar-refractivity contribution in [1.29, 1.82) is 0 Å². The van der Waals surface area contributed by atoms with Gasteiger partial charge in [0.1, 0.15) is 11.5 Å². The minimum Gasteiger partial charge on any atom is -0.496 e. The lowest BCUT2D eigenvalue weighted by molar-refractivity contribution is -0.130. The zero-order chi connectivity index (χ0) is 20.4. The van der Waals surface area contributed by atoms with Gasteiger partial charge >= 0.3 is 0 Å². The molecule has 2 aromatic carbocycles. The van der Waals surface area contributed by atoms with Gasteiger partial charge in [-0.2, -0.15) is 0 Å². The number of rotatable bonds is 8. The molecule has 0 heterocycles. The van der Waals surface area contributed by atoms with Crippen molar-refractivity contribution in [1.82, 2.24) is 15.5 Å². The van der Waals surface area contributed by atoms with E-state index in [0.29, 0.717) is 24.8 Å². The second kappa shape index (κ2) is 12.9. The zero-order valence-corrected chi connectivity index (χ0v) is 19.6. The average molecular weight is 512 g/mol. The number of amides is 1. The van der Waals surface area contributed by atoms with E-state index in [1.54, 1.807) is 28.3 Å². The smallest absolute Gasteiger partial charge is 0.259 e. The van der Waals surface area contributed by atoms with Crippen LogP contribution < -0.4 is 20.1 Å². The molecule has 0 spiro atoms. The fourth-order valence-electron chi connectivity index (χ4n) is 2.45. The third-order valence-corrected chi connectivity index (χ3v) is 4.08. The molecular weight excluding hydrogens is 483 g/mol. The highest BCUT2D eigenvalue weighted by Crippen LogP contribution is 2.16. The van der Waals surface area contributed by atoms with Gasteiger partial charge in [-0.25, -0.2) is 0 Å². The number of halogens is 1. The van der Waals surface area contributed by atoms with E-state index in [9.17, 15) is 4.79 Å².